The third-order valence-electron chi connectivity index (χ3n) is 6.44. The van der Waals surface area contributed by atoms with Gasteiger partial charge in [-0.3, -0.25) is 0 Å². The fourth-order valence-corrected chi connectivity index (χ4v) is 7.21. The molecule has 0 amide bonds. The minimum Gasteiger partial charge on any atom is -0.322 e. The highest BCUT2D eigenvalue weighted by molar-refractivity contribution is 7.09. The molecular weight excluding hydrogens is 499 g/mol. The van der Waals surface area contributed by atoms with E-state index in [0.29, 0.717) is 0 Å². The minimum absolute atomic E-state index is 1.21. The van der Waals surface area contributed by atoms with Gasteiger partial charge in [0.05, 0.1) is 17.1 Å². The predicted octanol–water partition coefficient (Wildman–Crippen LogP) is 9.24. The smallest absolute Gasteiger partial charge is 0.0635 e. The van der Waals surface area contributed by atoms with Gasteiger partial charge in [0, 0.05) is 86.2 Å². The van der Waals surface area contributed by atoms with E-state index in [9.17, 15) is 0 Å². The van der Waals surface area contributed by atoms with Crippen LogP contribution in [-0.2, 0) is 0 Å². The highest BCUT2D eigenvalue weighted by Gasteiger charge is 2.17. The van der Waals surface area contributed by atoms with Crippen LogP contribution in [0.5, 0.6) is 0 Å². The molecule has 7 rings (SSSR count). The second kappa shape index (κ2) is 8.99. The van der Waals surface area contributed by atoms with Crippen molar-refractivity contribution in [3.63, 3.8) is 0 Å². The van der Waals surface area contributed by atoms with Crippen molar-refractivity contribution in [3.05, 3.63) is 124 Å². The summed E-state index contributed by atoms with van der Waals surface area (Å²) in [4.78, 5) is 0. The Morgan fingerprint density at radius 1 is 0.361 bits per heavy atom. The van der Waals surface area contributed by atoms with Gasteiger partial charge in [-0.1, -0.05) is 0 Å². The van der Waals surface area contributed by atoms with Crippen LogP contribution in [0.15, 0.2) is 124 Å². The lowest BCUT2D eigenvalue weighted by molar-refractivity contribution is 1.09. The maximum Gasteiger partial charge on any atom is 0.0635 e. The van der Waals surface area contributed by atoms with Crippen LogP contribution in [0.4, 0.5) is 0 Å². The second-order valence-corrected chi connectivity index (χ2v) is 10.8. The Hall–Kier alpha value is -3.84. The van der Waals surface area contributed by atoms with Crippen molar-refractivity contribution in [2.45, 2.75) is 0 Å². The number of rotatable bonds is 6. The predicted molar refractivity (Wildman–Crippen MR) is 154 cm³/mol. The van der Waals surface area contributed by atoms with Crippen LogP contribution in [0, 0.1) is 0 Å². The summed E-state index contributed by atoms with van der Waals surface area (Å²) < 4.78 is 6.59. The van der Waals surface area contributed by atoms with Crippen LogP contribution in [0.1, 0.15) is 0 Å². The number of thiophene rings is 3. The van der Waals surface area contributed by atoms with Gasteiger partial charge in [0.1, 0.15) is 0 Å². The fraction of sp³-hybridized carbons (Fsp3) is 0. The molecule has 0 atom stereocenters. The Morgan fingerprint density at radius 3 is 0.917 bits per heavy atom. The lowest BCUT2D eigenvalue weighted by Crippen LogP contribution is -1.94. The Bertz CT molecular complexity index is 1510. The molecule has 174 valence electrons. The first-order valence-corrected chi connectivity index (χ1v) is 14.4. The Labute approximate surface area is 221 Å². The van der Waals surface area contributed by atoms with Crippen molar-refractivity contribution >= 4 is 34.0 Å². The van der Waals surface area contributed by atoms with E-state index >= 15 is 0 Å². The third kappa shape index (κ3) is 3.71. The van der Waals surface area contributed by atoms with E-state index in [0.717, 1.165) is 0 Å². The number of nitrogens with zero attached hydrogens (tertiary/aromatic N) is 3. The van der Waals surface area contributed by atoms with Crippen LogP contribution >= 0.6 is 34.0 Å². The van der Waals surface area contributed by atoms with Crippen molar-refractivity contribution in [2.75, 3.05) is 0 Å². The maximum absolute atomic E-state index is 2.34. The molecule has 0 N–H and O–H groups in total. The van der Waals surface area contributed by atoms with Crippen molar-refractivity contribution < 1.29 is 0 Å². The van der Waals surface area contributed by atoms with E-state index in [1.807, 2.05) is 0 Å². The molecule has 6 aromatic heterocycles. The quantitative estimate of drug-likeness (QED) is 0.208. The molecule has 6 heterocycles. The SMILES string of the molecule is c1ccn(-c2cscc2-c2cc(-c3cscc3-n3cccc3)cc(-c3cscc3-n3cccc3)c2)c1. The molecule has 36 heavy (non-hydrogen) atoms. The molecule has 0 fully saturated rings. The normalized spacial score (nSPS) is 11.3. The van der Waals surface area contributed by atoms with Crippen LogP contribution < -0.4 is 0 Å². The van der Waals surface area contributed by atoms with E-state index in [1.165, 1.54) is 50.4 Å². The summed E-state index contributed by atoms with van der Waals surface area (Å²) >= 11 is 5.23. The summed E-state index contributed by atoms with van der Waals surface area (Å²) in [5.41, 5.74) is 11.0. The van der Waals surface area contributed by atoms with Crippen molar-refractivity contribution in [3.8, 4) is 50.4 Å². The van der Waals surface area contributed by atoms with Crippen molar-refractivity contribution in [2.24, 2.45) is 0 Å². The van der Waals surface area contributed by atoms with Crippen molar-refractivity contribution in [1.82, 2.24) is 13.7 Å². The van der Waals surface area contributed by atoms with Crippen LogP contribution in [0.3, 0.4) is 0 Å². The molecular formula is C30H21N3S3. The first-order chi connectivity index (χ1) is 17.8. The molecule has 0 saturated heterocycles. The molecule has 0 aliphatic heterocycles. The number of hydrogen-bond acceptors (Lipinski definition) is 3. The molecule has 7 aromatic rings. The number of hydrogen-bond donors (Lipinski definition) is 0. The molecule has 0 aliphatic carbocycles. The molecule has 0 radical (unpaired) electrons. The molecule has 0 aliphatic rings. The third-order valence-corrected chi connectivity index (χ3v) is 8.63. The number of aromatic nitrogens is 3. The first kappa shape index (κ1) is 21.4. The molecule has 1 aromatic carbocycles. The standard InChI is InChI=1S/C30H21N3S3/c1-2-8-31(7-1)28-19-34-16-25(28)22-13-23(26-17-35-20-29(26)32-9-3-4-10-32)15-24(14-22)27-18-36-21-30(27)33-11-5-6-12-33/h1-21H. The Balaban J connectivity index is 1.45. The average Bonchev–Trinajstić information content (AvgIpc) is 3.76. The molecule has 6 heteroatoms. The Kier molecular flexibility index (Phi) is 5.35. The topological polar surface area (TPSA) is 14.8 Å². The summed E-state index contributed by atoms with van der Waals surface area (Å²) in [6.45, 7) is 0. The van der Waals surface area contributed by atoms with E-state index in [-0.39, 0.29) is 0 Å². The lowest BCUT2D eigenvalue weighted by Gasteiger charge is -2.14. The molecule has 0 bridgehead atoms. The van der Waals surface area contributed by atoms with Gasteiger partial charge in [-0.2, -0.15) is 0 Å². The first-order valence-electron chi connectivity index (χ1n) is 11.6. The summed E-state index contributed by atoms with van der Waals surface area (Å²) in [6.07, 6.45) is 12.7. The van der Waals surface area contributed by atoms with E-state index in [1.54, 1.807) is 34.0 Å². The summed E-state index contributed by atoms with van der Waals surface area (Å²) in [5.74, 6) is 0. The van der Waals surface area contributed by atoms with Gasteiger partial charge in [-0.25, -0.2) is 0 Å². The summed E-state index contributed by atoms with van der Waals surface area (Å²) in [7, 11) is 0. The Morgan fingerprint density at radius 2 is 0.639 bits per heavy atom. The van der Waals surface area contributed by atoms with Gasteiger partial charge in [-0.05, 0) is 71.3 Å². The summed E-state index contributed by atoms with van der Waals surface area (Å²) in [5, 5.41) is 13.5. The molecule has 0 spiro atoms. The van der Waals surface area contributed by atoms with E-state index < -0.39 is 0 Å². The van der Waals surface area contributed by atoms with Gasteiger partial charge in [-0.15, -0.1) is 34.0 Å². The molecule has 3 nitrogen and oxygen atoms in total. The highest BCUT2D eigenvalue weighted by atomic mass is 32.1. The van der Waals surface area contributed by atoms with Gasteiger partial charge in [0.15, 0.2) is 0 Å². The van der Waals surface area contributed by atoms with Gasteiger partial charge in [0.25, 0.3) is 0 Å². The number of benzene rings is 1. The zero-order valence-electron chi connectivity index (χ0n) is 19.2. The van der Waals surface area contributed by atoms with Gasteiger partial charge < -0.3 is 13.7 Å². The summed E-state index contributed by atoms with van der Waals surface area (Å²) in [6, 6.07) is 19.5. The molecule has 0 unspecified atom stereocenters. The van der Waals surface area contributed by atoms with Crippen LogP contribution in [0.25, 0.3) is 50.4 Å². The zero-order chi connectivity index (χ0) is 23.9. The lowest BCUT2D eigenvalue weighted by atomic mass is 9.94. The van der Waals surface area contributed by atoms with Gasteiger partial charge >= 0.3 is 0 Å². The largest absolute Gasteiger partial charge is 0.322 e. The monoisotopic (exact) mass is 519 g/mol. The highest BCUT2D eigenvalue weighted by Crippen LogP contribution is 2.41. The van der Waals surface area contributed by atoms with Crippen LogP contribution in [-0.4, -0.2) is 13.7 Å². The molecule has 0 saturated carbocycles. The minimum atomic E-state index is 1.21. The second-order valence-electron chi connectivity index (χ2n) is 8.58. The zero-order valence-corrected chi connectivity index (χ0v) is 21.6. The maximum atomic E-state index is 2.34. The van der Waals surface area contributed by atoms with Crippen LogP contribution in [0.2, 0.25) is 0 Å². The van der Waals surface area contributed by atoms with Crippen molar-refractivity contribution in [1.29, 1.82) is 0 Å². The van der Waals surface area contributed by atoms with E-state index in [2.05, 4.69) is 138 Å². The van der Waals surface area contributed by atoms with E-state index in [4.69, 9.17) is 0 Å². The van der Waals surface area contributed by atoms with Gasteiger partial charge in [0.2, 0.25) is 0 Å². The fourth-order valence-electron chi connectivity index (χ4n) is 4.70. The average molecular weight is 520 g/mol.